The van der Waals surface area contributed by atoms with E-state index in [-0.39, 0.29) is 12.1 Å². The molecule has 0 atom stereocenters. The summed E-state index contributed by atoms with van der Waals surface area (Å²) in [5.74, 6) is -1.34. The van der Waals surface area contributed by atoms with Gasteiger partial charge in [0.25, 0.3) is 12.3 Å². The third kappa shape index (κ3) is 4.07. The molecule has 6 heteroatoms. The summed E-state index contributed by atoms with van der Waals surface area (Å²) in [5.41, 5.74) is -0.0147. The number of rotatable bonds is 5. The molecule has 0 bridgehead atoms. The highest BCUT2D eigenvalue weighted by Gasteiger charge is 2.19. The third-order valence-corrected chi connectivity index (χ3v) is 2.09. The van der Waals surface area contributed by atoms with Gasteiger partial charge in [-0.1, -0.05) is 6.07 Å². The van der Waals surface area contributed by atoms with E-state index in [1.165, 1.54) is 12.1 Å². The lowest BCUT2D eigenvalue weighted by Crippen LogP contribution is -2.37. The van der Waals surface area contributed by atoms with Gasteiger partial charge in [0, 0.05) is 12.1 Å². The zero-order chi connectivity index (χ0) is 12.8. The maximum absolute atomic E-state index is 12.9. The summed E-state index contributed by atoms with van der Waals surface area (Å²) in [6, 6.07) is 4.78. The number of amides is 1. The van der Waals surface area contributed by atoms with E-state index in [9.17, 15) is 18.0 Å². The summed E-state index contributed by atoms with van der Waals surface area (Å²) < 4.78 is 37.3. The Hall–Kier alpha value is -1.56. The highest BCUT2D eigenvalue weighted by Crippen LogP contribution is 2.09. The number of aliphatic hydroxyl groups is 1. The van der Waals surface area contributed by atoms with Gasteiger partial charge in [0.2, 0.25) is 0 Å². The third-order valence-electron chi connectivity index (χ3n) is 2.09. The second-order valence-electron chi connectivity index (χ2n) is 3.38. The number of benzene rings is 1. The van der Waals surface area contributed by atoms with Crippen LogP contribution < -0.4 is 0 Å². The van der Waals surface area contributed by atoms with Gasteiger partial charge in [-0.05, 0) is 18.2 Å². The number of carbonyl (C=O) groups is 1. The van der Waals surface area contributed by atoms with Gasteiger partial charge in [0.1, 0.15) is 5.82 Å². The lowest BCUT2D eigenvalue weighted by atomic mass is 10.2. The Balaban J connectivity index is 2.83. The number of aliphatic hydroxyl groups excluding tert-OH is 1. The van der Waals surface area contributed by atoms with E-state index in [2.05, 4.69) is 0 Å². The minimum absolute atomic E-state index is 0.0147. The molecule has 1 N–H and O–H groups in total. The van der Waals surface area contributed by atoms with Gasteiger partial charge in [0.05, 0.1) is 13.2 Å². The topological polar surface area (TPSA) is 40.5 Å². The molecule has 0 heterocycles. The van der Waals surface area contributed by atoms with Crippen LogP contribution in [0.1, 0.15) is 10.4 Å². The van der Waals surface area contributed by atoms with Gasteiger partial charge in [-0.25, -0.2) is 13.2 Å². The average Bonchev–Trinajstić information content (AvgIpc) is 2.27. The number of nitrogens with zero attached hydrogens (tertiary/aromatic N) is 1. The predicted molar refractivity (Wildman–Crippen MR) is 55.4 cm³/mol. The van der Waals surface area contributed by atoms with Crippen molar-refractivity contribution in [3.8, 4) is 0 Å². The fraction of sp³-hybridized carbons (Fsp3) is 0.364. The number of hydrogen-bond acceptors (Lipinski definition) is 2. The van der Waals surface area contributed by atoms with Crippen molar-refractivity contribution < 1.29 is 23.1 Å². The Kier molecular flexibility index (Phi) is 4.96. The molecule has 0 spiro atoms. The quantitative estimate of drug-likeness (QED) is 0.857. The molecule has 0 aromatic heterocycles. The second-order valence-corrected chi connectivity index (χ2v) is 3.38. The normalized spacial score (nSPS) is 10.6. The van der Waals surface area contributed by atoms with Gasteiger partial charge in [0.15, 0.2) is 0 Å². The van der Waals surface area contributed by atoms with Crippen molar-refractivity contribution in [2.24, 2.45) is 0 Å². The van der Waals surface area contributed by atoms with Crippen LogP contribution >= 0.6 is 0 Å². The molecular formula is C11H12F3NO2. The maximum Gasteiger partial charge on any atom is 0.255 e. The van der Waals surface area contributed by atoms with Crippen LogP contribution in [0, 0.1) is 5.82 Å². The van der Waals surface area contributed by atoms with Crippen molar-refractivity contribution in [3.63, 3.8) is 0 Å². The van der Waals surface area contributed by atoms with E-state index >= 15 is 0 Å². The van der Waals surface area contributed by atoms with Crippen molar-refractivity contribution in [1.82, 2.24) is 4.90 Å². The molecule has 17 heavy (non-hydrogen) atoms. The molecule has 0 saturated carbocycles. The number of hydrogen-bond donors (Lipinski definition) is 1. The molecule has 0 unspecified atom stereocenters. The average molecular weight is 247 g/mol. The first kappa shape index (κ1) is 13.5. The van der Waals surface area contributed by atoms with Gasteiger partial charge in [-0.3, -0.25) is 4.79 Å². The fourth-order valence-electron chi connectivity index (χ4n) is 1.37. The summed E-state index contributed by atoms with van der Waals surface area (Å²) in [6.45, 7) is -1.41. The monoisotopic (exact) mass is 247 g/mol. The maximum atomic E-state index is 12.9. The SMILES string of the molecule is O=C(c1cccc(F)c1)N(CCO)CC(F)F. The minimum atomic E-state index is -2.70. The van der Waals surface area contributed by atoms with Gasteiger partial charge < -0.3 is 10.0 Å². The van der Waals surface area contributed by atoms with Crippen LogP contribution in [0.25, 0.3) is 0 Å². The first-order valence-corrected chi connectivity index (χ1v) is 4.98. The number of carbonyl (C=O) groups excluding carboxylic acids is 1. The molecule has 0 aliphatic heterocycles. The van der Waals surface area contributed by atoms with Crippen LogP contribution in [0.5, 0.6) is 0 Å². The highest BCUT2D eigenvalue weighted by atomic mass is 19.3. The van der Waals surface area contributed by atoms with Crippen LogP contribution in [-0.2, 0) is 0 Å². The Bertz CT molecular complexity index is 385. The summed E-state index contributed by atoms with van der Waals surface area (Å²) >= 11 is 0. The van der Waals surface area contributed by atoms with E-state index in [0.29, 0.717) is 0 Å². The predicted octanol–water partition coefficient (Wildman–Crippen LogP) is 1.53. The van der Waals surface area contributed by atoms with Crippen molar-refractivity contribution in [3.05, 3.63) is 35.6 Å². The van der Waals surface area contributed by atoms with Crippen LogP contribution in [0.15, 0.2) is 24.3 Å². The Morgan fingerprint density at radius 3 is 2.65 bits per heavy atom. The molecule has 0 saturated heterocycles. The molecule has 94 valence electrons. The summed E-state index contributed by atoms with van der Waals surface area (Å²) in [5, 5.41) is 8.69. The van der Waals surface area contributed by atoms with Gasteiger partial charge in [-0.15, -0.1) is 0 Å². The molecule has 0 radical (unpaired) electrons. The number of alkyl halides is 2. The molecule has 1 rings (SSSR count). The van der Waals surface area contributed by atoms with Crippen LogP contribution in [0.4, 0.5) is 13.2 Å². The molecule has 0 aliphatic carbocycles. The van der Waals surface area contributed by atoms with Crippen LogP contribution in [0.3, 0.4) is 0 Å². The van der Waals surface area contributed by atoms with Crippen LogP contribution in [0.2, 0.25) is 0 Å². The Morgan fingerprint density at radius 1 is 1.41 bits per heavy atom. The smallest absolute Gasteiger partial charge is 0.255 e. The molecule has 1 amide bonds. The van der Waals surface area contributed by atoms with E-state index in [1.807, 2.05) is 0 Å². The molecule has 1 aromatic carbocycles. The second kappa shape index (κ2) is 6.24. The standard InChI is InChI=1S/C11H12F3NO2/c12-9-3-1-2-8(6-9)11(17)15(4-5-16)7-10(13)14/h1-3,6,10,16H,4-5,7H2. The number of halogens is 3. The van der Waals surface area contributed by atoms with E-state index in [0.717, 1.165) is 17.0 Å². The van der Waals surface area contributed by atoms with Gasteiger partial charge >= 0.3 is 0 Å². The zero-order valence-corrected chi connectivity index (χ0v) is 8.94. The Labute approximate surface area is 96.5 Å². The highest BCUT2D eigenvalue weighted by molar-refractivity contribution is 5.94. The molecular weight excluding hydrogens is 235 g/mol. The molecule has 1 aromatic rings. The van der Waals surface area contributed by atoms with E-state index < -0.39 is 31.3 Å². The van der Waals surface area contributed by atoms with Gasteiger partial charge in [-0.2, -0.15) is 0 Å². The van der Waals surface area contributed by atoms with Crippen molar-refractivity contribution in [2.75, 3.05) is 19.7 Å². The molecule has 3 nitrogen and oxygen atoms in total. The molecule has 0 fully saturated rings. The zero-order valence-electron chi connectivity index (χ0n) is 8.94. The summed E-state index contributed by atoms with van der Waals surface area (Å²) in [6.07, 6.45) is -2.70. The fourth-order valence-corrected chi connectivity index (χ4v) is 1.37. The minimum Gasteiger partial charge on any atom is -0.395 e. The lowest BCUT2D eigenvalue weighted by Gasteiger charge is -2.21. The van der Waals surface area contributed by atoms with E-state index in [1.54, 1.807) is 0 Å². The lowest BCUT2D eigenvalue weighted by molar-refractivity contribution is 0.0509. The van der Waals surface area contributed by atoms with Crippen molar-refractivity contribution in [2.45, 2.75) is 6.43 Å². The van der Waals surface area contributed by atoms with Crippen LogP contribution in [-0.4, -0.2) is 42.0 Å². The van der Waals surface area contributed by atoms with E-state index in [4.69, 9.17) is 5.11 Å². The first-order valence-electron chi connectivity index (χ1n) is 4.98. The Morgan fingerprint density at radius 2 is 2.12 bits per heavy atom. The summed E-state index contributed by atoms with van der Waals surface area (Å²) in [7, 11) is 0. The largest absolute Gasteiger partial charge is 0.395 e. The van der Waals surface area contributed by atoms with Crippen molar-refractivity contribution >= 4 is 5.91 Å². The first-order chi connectivity index (χ1) is 8.04. The van der Waals surface area contributed by atoms with Crippen molar-refractivity contribution in [1.29, 1.82) is 0 Å². The summed E-state index contributed by atoms with van der Waals surface area (Å²) in [4.78, 5) is 12.5. The molecule has 0 aliphatic rings.